The van der Waals surface area contributed by atoms with Gasteiger partial charge in [-0.05, 0) is 60.7 Å². The maximum absolute atomic E-state index is 13.5. The summed E-state index contributed by atoms with van der Waals surface area (Å²) in [6.45, 7) is 5.69. The first-order valence-electron chi connectivity index (χ1n) is 12.1. The topological polar surface area (TPSA) is 84.7 Å². The van der Waals surface area contributed by atoms with Gasteiger partial charge in [-0.2, -0.15) is 0 Å². The van der Waals surface area contributed by atoms with Gasteiger partial charge in [-0.15, -0.1) is 0 Å². The molecule has 1 saturated heterocycles. The number of aliphatic hydroxyl groups excluding tert-OH is 1. The lowest BCUT2D eigenvalue weighted by atomic mass is 9.95. The Morgan fingerprint density at radius 2 is 1.92 bits per heavy atom. The van der Waals surface area contributed by atoms with Gasteiger partial charge in [-0.1, -0.05) is 26.0 Å². The van der Waals surface area contributed by atoms with Crippen molar-refractivity contribution in [3.63, 3.8) is 0 Å². The van der Waals surface area contributed by atoms with Gasteiger partial charge in [-0.25, -0.2) is 9.37 Å². The second-order valence-corrected chi connectivity index (χ2v) is 9.26. The van der Waals surface area contributed by atoms with Gasteiger partial charge >= 0.3 is 0 Å². The molecule has 2 aromatic carbocycles. The van der Waals surface area contributed by atoms with Gasteiger partial charge < -0.3 is 19.3 Å². The largest absolute Gasteiger partial charge is 0.507 e. The smallest absolute Gasteiger partial charge is 0.295 e. The van der Waals surface area contributed by atoms with Gasteiger partial charge in [0.2, 0.25) is 0 Å². The van der Waals surface area contributed by atoms with E-state index in [1.165, 1.54) is 29.2 Å². The molecule has 0 bridgehead atoms. The van der Waals surface area contributed by atoms with Crippen LogP contribution in [0.5, 0.6) is 5.75 Å². The number of aliphatic hydroxyl groups is 1. The number of imidazole rings is 1. The second kappa shape index (κ2) is 11.2. The molecule has 1 unspecified atom stereocenters. The molecule has 7 nitrogen and oxygen atoms in total. The molecular weight excluding hydrogens is 461 g/mol. The Hall–Kier alpha value is -3.94. The first-order valence-corrected chi connectivity index (χ1v) is 12.1. The Kier molecular flexibility index (Phi) is 7.83. The van der Waals surface area contributed by atoms with Crippen molar-refractivity contribution in [2.24, 2.45) is 5.92 Å². The standard InChI is InChI=1S/C28H30FN3O4/c1-19(2)11-16-36-23-6-3-5-21(17-23)25-24(26(33)20-7-9-22(29)10-8-20)27(34)28(35)32(25)14-4-13-31-15-12-30-18-31/h3,5-10,12,15,17-19,25,33H,4,11,13-14,16H2,1-2H3/b26-24-. The third-order valence-corrected chi connectivity index (χ3v) is 6.17. The molecule has 0 spiro atoms. The molecule has 1 aliphatic rings. The highest BCUT2D eigenvalue weighted by atomic mass is 19.1. The number of hydrogen-bond donors (Lipinski definition) is 1. The normalized spacial score (nSPS) is 17.2. The second-order valence-electron chi connectivity index (χ2n) is 9.26. The summed E-state index contributed by atoms with van der Waals surface area (Å²) in [7, 11) is 0. The van der Waals surface area contributed by atoms with Gasteiger partial charge in [-0.3, -0.25) is 9.59 Å². The average Bonchev–Trinajstić information content (AvgIpc) is 3.46. The molecule has 1 amide bonds. The highest BCUT2D eigenvalue weighted by molar-refractivity contribution is 6.46. The summed E-state index contributed by atoms with van der Waals surface area (Å²) in [5, 5.41) is 11.1. The summed E-state index contributed by atoms with van der Waals surface area (Å²) >= 11 is 0. The number of Topliss-reactive ketones (excluding diaryl/α,β-unsaturated/α-hetero) is 1. The summed E-state index contributed by atoms with van der Waals surface area (Å²) in [5.74, 6) is -1.13. The Morgan fingerprint density at radius 3 is 2.61 bits per heavy atom. The molecule has 1 fully saturated rings. The van der Waals surface area contributed by atoms with E-state index in [1.807, 2.05) is 29.0 Å². The van der Waals surface area contributed by atoms with Gasteiger partial charge in [0.1, 0.15) is 17.3 Å². The van der Waals surface area contributed by atoms with Crippen LogP contribution in [-0.2, 0) is 16.1 Å². The predicted molar refractivity (Wildman–Crippen MR) is 134 cm³/mol. The monoisotopic (exact) mass is 491 g/mol. The number of ether oxygens (including phenoxy) is 1. The zero-order chi connectivity index (χ0) is 25.7. The number of amides is 1. The number of likely N-dealkylation sites (tertiary alicyclic amines) is 1. The fourth-order valence-corrected chi connectivity index (χ4v) is 4.25. The third-order valence-electron chi connectivity index (χ3n) is 6.17. The Labute approximate surface area is 209 Å². The Morgan fingerprint density at radius 1 is 1.14 bits per heavy atom. The molecule has 0 radical (unpaired) electrons. The molecule has 2 heterocycles. The maximum Gasteiger partial charge on any atom is 0.295 e. The predicted octanol–water partition coefficient (Wildman–Crippen LogP) is 4.96. The minimum absolute atomic E-state index is 0.0198. The van der Waals surface area contributed by atoms with Crippen LogP contribution in [0, 0.1) is 11.7 Å². The summed E-state index contributed by atoms with van der Waals surface area (Å²) in [5.41, 5.74) is 0.901. The van der Waals surface area contributed by atoms with Crippen LogP contribution in [-0.4, -0.2) is 44.4 Å². The number of rotatable bonds is 10. The van der Waals surface area contributed by atoms with Crippen molar-refractivity contribution in [1.29, 1.82) is 0 Å². The van der Waals surface area contributed by atoms with E-state index in [0.717, 1.165) is 6.42 Å². The lowest BCUT2D eigenvalue weighted by Crippen LogP contribution is -2.31. The molecule has 1 aromatic heterocycles. The van der Waals surface area contributed by atoms with Crippen molar-refractivity contribution in [1.82, 2.24) is 14.5 Å². The van der Waals surface area contributed by atoms with Crippen LogP contribution < -0.4 is 4.74 Å². The van der Waals surface area contributed by atoms with E-state index in [0.29, 0.717) is 43.3 Å². The first kappa shape index (κ1) is 25.2. The van der Waals surface area contributed by atoms with E-state index in [1.54, 1.807) is 18.6 Å². The summed E-state index contributed by atoms with van der Waals surface area (Å²) < 4.78 is 21.3. The van der Waals surface area contributed by atoms with E-state index in [4.69, 9.17) is 4.74 Å². The summed E-state index contributed by atoms with van der Waals surface area (Å²) in [4.78, 5) is 31.8. The minimum Gasteiger partial charge on any atom is -0.507 e. The van der Waals surface area contributed by atoms with Gasteiger partial charge in [0.15, 0.2) is 0 Å². The van der Waals surface area contributed by atoms with Gasteiger partial charge in [0, 0.05) is 31.0 Å². The SMILES string of the molecule is CC(C)CCOc1cccc(C2/C(=C(/O)c3ccc(F)cc3)C(=O)C(=O)N2CCCn2ccnc2)c1. The number of nitrogens with zero attached hydrogens (tertiary/aromatic N) is 3. The molecular formula is C28H30FN3O4. The molecule has 0 aliphatic carbocycles. The van der Waals surface area contributed by atoms with Crippen LogP contribution in [0.15, 0.2) is 72.8 Å². The van der Waals surface area contributed by atoms with Gasteiger partial charge in [0.25, 0.3) is 11.7 Å². The molecule has 188 valence electrons. The average molecular weight is 492 g/mol. The van der Waals surface area contributed by atoms with Crippen molar-refractivity contribution >= 4 is 17.4 Å². The number of halogens is 1. The van der Waals surface area contributed by atoms with E-state index in [9.17, 15) is 19.1 Å². The molecule has 4 rings (SSSR count). The van der Waals surface area contributed by atoms with Crippen molar-refractivity contribution in [2.45, 2.75) is 39.3 Å². The molecule has 0 saturated carbocycles. The fourth-order valence-electron chi connectivity index (χ4n) is 4.25. The number of carbonyl (C=O) groups excluding carboxylic acids is 2. The van der Waals surface area contributed by atoms with Crippen LogP contribution in [0.4, 0.5) is 4.39 Å². The van der Waals surface area contributed by atoms with Crippen molar-refractivity contribution < 1.29 is 23.8 Å². The van der Waals surface area contributed by atoms with E-state index in [-0.39, 0.29) is 16.9 Å². The van der Waals surface area contributed by atoms with Crippen LogP contribution >= 0.6 is 0 Å². The van der Waals surface area contributed by atoms with Crippen LogP contribution in [0.25, 0.3) is 5.76 Å². The number of benzene rings is 2. The number of aryl methyl sites for hydroxylation is 1. The van der Waals surface area contributed by atoms with Crippen molar-refractivity contribution in [2.75, 3.05) is 13.2 Å². The van der Waals surface area contributed by atoms with Crippen molar-refractivity contribution in [3.05, 3.63) is 89.8 Å². The Bertz CT molecular complexity index is 1240. The molecule has 1 aliphatic heterocycles. The number of ketones is 1. The Balaban J connectivity index is 1.69. The zero-order valence-corrected chi connectivity index (χ0v) is 20.4. The van der Waals surface area contributed by atoms with Crippen LogP contribution in [0.2, 0.25) is 0 Å². The zero-order valence-electron chi connectivity index (χ0n) is 20.4. The molecule has 8 heteroatoms. The molecule has 1 N–H and O–H groups in total. The lowest BCUT2D eigenvalue weighted by molar-refractivity contribution is -0.139. The first-order chi connectivity index (χ1) is 17.3. The molecule has 36 heavy (non-hydrogen) atoms. The molecule has 1 atom stereocenters. The highest BCUT2D eigenvalue weighted by Gasteiger charge is 2.45. The van der Waals surface area contributed by atoms with E-state index < -0.39 is 23.5 Å². The van der Waals surface area contributed by atoms with Crippen molar-refractivity contribution in [3.8, 4) is 5.75 Å². The molecule has 3 aromatic rings. The van der Waals surface area contributed by atoms with E-state index in [2.05, 4.69) is 18.8 Å². The minimum atomic E-state index is -0.800. The summed E-state index contributed by atoms with van der Waals surface area (Å²) in [6.07, 6.45) is 6.68. The van der Waals surface area contributed by atoms with E-state index >= 15 is 0 Å². The quantitative estimate of drug-likeness (QED) is 0.246. The summed E-state index contributed by atoms with van der Waals surface area (Å²) in [6, 6.07) is 11.6. The fraction of sp³-hybridized carbons (Fsp3) is 0.321. The highest BCUT2D eigenvalue weighted by Crippen LogP contribution is 2.40. The number of carbonyl (C=O) groups is 2. The van der Waals surface area contributed by atoms with Crippen LogP contribution in [0.3, 0.4) is 0 Å². The lowest BCUT2D eigenvalue weighted by Gasteiger charge is -2.26. The van der Waals surface area contributed by atoms with Gasteiger partial charge in [0.05, 0.1) is 24.5 Å². The maximum atomic E-state index is 13.5. The number of hydrogen-bond acceptors (Lipinski definition) is 5. The van der Waals surface area contributed by atoms with Crippen LogP contribution in [0.1, 0.15) is 43.9 Å². The number of aromatic nitrogens is 2. The third kappa shape index (κ3) is 5.64.